The topological polar surface area (TPSA) is 124 Å². The molecule has 2 aromatic carbocycles. The molecular weight excluding hydrogens is 568 g/mol. The molecule has 2 aromatic heterocycles. The molecule has 0 saturated carbocycles. The Hall–Kier alpha value is -4.90. The number of nitrogens with zero attached hydrogens (tertiary/aromatic N) is 7. The number of aromatic nitrogens is 3. The second kappa shape index (κ2) is 12.6. The van der Waals surface area contributed by atoms with Crippen molar-refractivity contribution in [1.29, 1.82) is 0 Å². The number of benzene rings is 2. The van der Waals surface area contributed by atoms with Crippen LogP contribution in [0.25, 0.3) is 11.3 Å². The Morgan fingerprint density at radius 3 is 2.38 bits per heavy atom. The molecule has 232 valence electrons. The molecule has 3 saturated heterocycles. The highest BCUT2D eigenvalue weighted by molar-refractivity contribution is 5.74. The minimum absolute atomic E-state index is 0.168. The number of amides is 1. The number of hydrogen-bond acceptors (Lipinski definition) is 10. The van der Waals surface area contributed by atoms with E-state index in [4.69, 9.17) is 15.5 Å². The first-order valence-corrected chi connectivity index (χ1v) is 15.6. The zero-order chi connectivity index (χ0) is 30.8. The summed E-state index contributed by atoms with van der Waals surface area (Å²) in [7, 11) is 0. The van der Waals surface area contributed by atoms with Gasteiger partial charge >= 0.3 is 6.09 Å². The van der Waals surface area contributed by atoms with Crippen LogP contribution in [0.5, 0.6) is 5.75 Å². The number of piperazine rings is 2. The summed E-state index contributed by atoms with van der Waals surface area (Å²) in [6, 6.07) is 25.8. The molecule has 0 aliphatic carbocycles. The summed E-state index contributed by atoms with van der Waals surface area (Å²) in [6.07, 6.45) is 1.91. The van der Waals surface area contributed by atoms with Crippen molar-refractivity contribution in [3.05, 3.63) is 90.1 Å². The number of hydrogen-bond donors (Lipinski definition) is 2. The average molecular weight is 607 g/mol. The van der Waals surface area contributed by atoms with Crippen LogP contribution in [-0.2, 0) is 17.9 Å². The third kappa shape index (κ3) is 6.21. The summed E-state index contributed by atoms with van der Waals surface area (Å²) in [6.45, 7) is 5.47. The van der Waals surface area contributed by atoms with E-state index in [0.29, 0.717) is 48.9 Å². The van der Waals surface area contributed by atoms with Crippen molar-refractivity contribution in [1.82, 2.24) is 25.0 Å². The monoisotopic (exact) mass is 606 g/mol. The summed E-state index contributed by atoms with van der Waals surface area (Å²) < 4.78 is 5.53. The maximum absolute atomic E-state index is 12.6. The van der Waals surface area contributed by atoms with Crippen LogP contribution in [0.4, 0.5) is 22.1 Å². The smallest absolute Gasteiger partial charge is 0.410 e. The summed E-state index contributed by atoms with van der Waals surface area (Å²) in [4.78, 5) is 26.6. The van der Waals surface area contributed by atoms with Crippen LogP contribution in [0.1, 0.15) is 24.1 Å². The van der Waals surface area contributed by atoms with Crippen molar-refractivity contribution in [3.63, 3.8) is 0 Å². The van der Waals surface area contributed by atoms with Gasteiger partial charge in [-0.15, -0.1) is 10.2 Å². The van der Waals surface area contributed by atoms with E-state index >= 15 is 0 Å². The molecule has 3 aliphatic rings. The van der Waals surface area contributed by atoms with Gasteiger partial charge in [0.05, 0.1) is 17.1 Å². The van der Waals surface area contributed by atoms with E-state index in [2.05, 4.69) is 43.1 Å². The quantitative estimate of drug-likeness (QED) is 0.317. The normalized spacial score (nSPS) is 20.0. The molecule has 3 N–H and O–H groups in total. The lowest BCUT2D eigenvalue weighted by molar-refractivity contribution is 0.0698. The number of nitrogens with two attached hydrogens (primary N) is 1. The van der Waals surface area contributed by atoms with Crippen molar-refractivity contribution < 1.29 is 14.6 Å². The Balaban J connectivity index is 0.968. The lowest BCUT2D eigenvalue weighted by atomic mass is 10.1. The molecule has 3 fully saturated rings. The zero-order valence-electron chi connectivity index (χ0n) is 25.2. The predicted molar refractivity (Wildman–Crippen MR) is 173 cm³/mol. The second-order valence-corrected chi connectivity index (χ2v) is 12.0. The Labute approximate surface area is 262 Å². The second-order valence-electron chi connectivity index (χ2n) is 12.0. The average Bonchev–Trinajstić information content (AvgIpc) is 3.34. The van der Waals surface area contributed by atoms with Crippen LogP contribution >= 0.6 is 0 Å². The van der Waals surface area contributed by atoms with Crippen LogP contribution in [-0.4, -0.2) is 87.5 Å². The molecule has 7 rings (SSSR count). The van der Waals surface area contributed by atoms with E-state index in [1.165, 1.54) is 0 Å². The van der Waals surface area contributed by atoms with Gasteiger partial charge in [0.2, 0.25) is 0 Å². The van der Waals surface area contributed by atoms with E-state index < -0.39 is 0 Å². The SMILES string of the molecule is Nc1nnc(-c2ccccc2O)cc1N1CC2CCC(C1)N2c1cccc(CN2CCN(C(=O)OCc3ccccc3)CC2)n1. The van der Waals surface area contributed by atoms with Gasteiger partial charge in [-0.05, 0) is 48.7 Å². The number of anilines is 3. The number of fused-ring (bicyclic) bond motifs is 2. The van der Waals surface area contributed by atoms with Crippen molar-refractivity contribution in [3.8, 4) is 17.0 Å². The summed E-state index contributed by atoms with van der Waals surface area (Å²) in [5.41, 5.74) is 10.4. The summed E-state index contributed by atoms with van der Waals surface area (Å²) in [5.74, 6) is 1.58. The molecule has 1 amide bonds. The maximum atomic E-state index is 12.6. The minimum atomic E-state index is -0.257. The number of para-hydroxylation sites is 1. The Kier molecular flexibility index (Phi) is 8.08. The van der Waals surface area contributed by atoms with Crippen LogP contribution in [0.3, 0.4) is 0 Å². The molecule has 11 heteroatoms. The highest BCUT2D eigenvalue weighted by Crippen LogP contribution is 2.38. The van der Waals surface area contributed by atoms with Gasteiger partial charge in [0.1, 0.15) is 18.2 Å². The largest absolute Gasteiger partial charge is 0.507 e. The molecule has 2 unspecified atom stereocenters. The summed E-state index contributed by atoms with van der Waals surface area (Å²) >= 11 is 0. The number of pyridine rings is 1. The van der Waals surface area contributed by atoms with E-state index in [9.17, 15) is 9.90 Å². The van der Waals surface area contributed by atoms with Gasteiger partial charge in [-0.1, -0.05) is 48.5 Å². The number of nitrogen functional groups attached to an aromatic ring is 1. The van der Waals surface area contributed by atoms with E-state index in [0.717, 1.165) is 68.3 Å². The van der Waals surface area contributed by atoms with Gasteiger partial charge in [0.25, 0.3) is 0 Å². The first-order chi connectivity index (χ1) is 22.0. The molecule has 4 aromatic rings. The highest BCUT2D eigenvalue weighted by atomic mass is 16.6. The minimum Gasteiger partial charge on any atom is -0.507 e. The number of carbonyl (C=O) groups is 1. The molecule has 2 bridgehead atoms. The molecule has 0 radical (unpaired) electrons. The Morgan fingerprint density at radius 2 is 1.62 bits per heavy atom. The predicted octanol–water partition coefficient (Wildman–Crippen LogP) is 4.14. The lowest BCUT2D eigenvalue weighted by Gasteiger charge is -2.43. The van der Waals surface area contributed by atoms with Gasteiger partial charge in [-0.25, -0.2) is 9.78 Å². The van der Waals surface area contributed by atoms with E-state index in [-0.39, 0.29) is 11.8 Å². The van der Waals surface area contributed by atoms with Crippen molar-refractivity contribution in [2.45, 2.75) is 38.1 Å². The third-order valence-corrected chi connectivity index (χ3v) is 9.08. The van der Waals surface area contributed by atoms with E-state index in [1.807, 2.05) is 48.5 Å². The maximum Gasteiger partial charge on any atom is 0.410 e. The molecule has 11 nitrogen and oxygen atoms in total. The Bertz CT molecular complexity index is 1630. The number of phenolic OH excluding ortho intramolecular Hbond substituents is 1. The molecular formula is C34H38N8O3. The number of aromatic hydroxyl groups is 1. The summed E-state index contributed by atoms with van der Waals surface area (Å²) in [5, 5.41) is 18.9. The number of rotatable bonds is 7. The van der Waals surface area contributed by atoms with Gasteiger partial charge in [-0.3, -0.25) is 4.90 Å². The van der Waals surface area contributed by atoms with Crippen LogP contribution in [0.15, 0.2) is 78.9 Å². The van der Waals surface area contributed by atoms with Crippen LogP contribution in [0, 0.1) is 0 Å². The molecule has 0 spiro atoms. The molecule has 5 heterocycles. The molecule has 2 atom stereocenters. The van der Waals surface area contributed by atoms with Gasteiger partial charge in [0, 0.05) is 63.5 Å². The molecule has 45 heavy (non-hydrogen) atoms. The fraction of sp³-hybridized carbons (Fsp3) is 0.353. The number of phenols is 1. The lowest BCUT2D eigenvalue weighted by Crippen LogP contribution is -2.54. The van der Waals surface area contributed by atoms with Crippen LogP contribution < -0.4 is 15.5 Å². The van der Waals surface area contributed by atoms with Crippen molar-refractivity contribution in [2.24, 2.45) is 0 Å². The fourth-order valence-electron chi connectivity index (χ4n) is 6.77. The fourth-order valence-corrected chi connectivity index (χ4v) is 6.77. The van der Waals surface area contributed by atoms with E-state index in [1.54, 1.807) is 17.0 Å². The van der Waals surface area contributed by atoms with Crippen molar-refractivity contribution in [2.75, 3.05) is 54.8 Å². The van der Waals surface area contributed by atoms with Gasteiger partial charge in [0.15, 0.2) is 5.82 Å². The first kappa shape index (κ1) is 28.8. The molecule has 3 aliphatic heterocycles. The zero-order valence-corrected chi connectivity index (χ0v) is 25.2. The van der Waals surface area contributed by atoms with Crippen molar-refractivity contribution >= 4 is 23.4 Å². The third-order valence-electron chi connectivity index (χ3n) is 9.08. The van der Waals surface area contributed by atoms with Crippen LogP contribution in [0.2, 0.25) is 0 Å². The first-order valence-electron chi connectivity index (χ1n) is 15.6. The van der Waals surface area contributed by atoms with Gasteiger partial charge < -0.3 is 30.3 Å². The number of carbonyl (C=O) groups excluding carboxylic acids is 1. The standard InChI is InChI=1S/C34H38N8O3/c35-33-30(19-29(37-38-33)28-10-4-5-11-31(28)43)41-21-26-13-14-27(22-41)42(26)32-12-6-9-25(36-32)20-39-15-17-40(18-16-39)34(44)45-23-24-7-2-1-3-8-24/h1-12,19,26-27,43H,13-18,20-23H2,(H2,35,38). The van der Waals surface area contributed by atoms with Gasteiger partial charge in [-0.2, -0.15) is 0 Å². The number of ether oxygens (including phenoxy) is 1. The Morgan fingerprint density at radius 1 is 0.889 bits per heavy atom. The highest BCUT2D eigenvalue weighted by Gasteiger charge is 2.41.